The number of amides is 11. The van der Waals surface area contributed by atoms with Gasteiger partial charge in [-0.2, -0.15) is 13.2 Å². The van der Waals surface area contributed by atoms with Gasteiger partial charge in [-0.25, -0.2) is 4.79 Å². The molecule has 2 aliphatic heterocycles. The number of carbonyl (C=O) groups is 10. The Labute approximate surface area is 589 Å². The number of urea groups is 1. The molecule has 562 valence electrons. The first kappa shape index (κ1) is 84.9. The topological polar surface area (TPSA) is 337 Å². The summed E-state index contributed by atoms with van der Waals surface area (Å²) in [4.78, 5) is 148. The number of carbonyl (C=O) groups excluding carboxylic acids is 10. The number of likely N-dealkylation sites (tertiary alicyclic amines) is 2. The number of benzene rings is 1. The van der Waals surface area contributed by atoms with E-state index in [1.807, 2.05) is 60.5 Å². The van der Waals surface area contributed by atoms with Crippen LogP contribution in [0, 0.1) is 35.5 Å². The molecule has 1 aromatic heterocycles. The summed E-state index contributed by atoms with van der Waals surface area (Å²) in [7, 11) is 8.33. The smallest absolute Gasteiger partial charge is 0.379 e. The Bertz CT molecular complexity index is 2970. The predicted octanol–water partition coefficient (Wildman–Crippen LogP) is 5.03. The first-order valence-electron chi connectivity index (χ1n) is 35.3. The predicted molar refractivity (Wildman–Crippen MR) is 374 cm³/mol. The molecule has 10 N–H and O–H groups in total. The minimum atomic E-state index is -4.60. The number of anilines is 1. The van der Waals surface area contributed by atoms with Crippen molar-refractivity contribution in [2.75, 3.05) is 66.9 Å². The molecule has 2 saturated heterocycles. The first-order valence-corrected chi connectivity index (χ1v) is 35.3. The highest BCUT2D eigenvalue weighted by atomic mass is 19.4. The van der Waals surface area contributed by atoms with Crippen LogP contribution >= 0.6 is 0 Å². The van der Waals surface area contributed by atoms with Crippen LogP contribution in [0.5, 0.6) is 0 Å². The number of piperidine rings is 1. The van der Waals surface area contributed by atoms with Gasteiger partial charge in [0.1, 0.15) is 30.2 Å². The lowest BCUT2D eigenvalue weighted by Crippen LogP contribution is -2.59. The minimum Gasteiger partial charge on any atom is -0.379 e. The maximum absolute atomic E-state index is 14.6. The lowest BCUT2D eigenvalue weighted by Gasteiger charge is -2.41. The minimum absolute atomic E-state index is 0.00895. The molecule has 0 spiro atoms. The molecule has 0 aliphatic carbocycles. The number of nitrogens with two attached hydrogens (primary N) is 1. The normalized spacial score (nSPS) is 18.9. The van der Waals surface area contributed by atoms with Crippen molar-refractivity contribution >= 4 is 64.9 Å². The standard InChI is InChI=1S/C71H115F3N14O12/c1-17-45(10)61(86(14)69(97)59(42(4)5)84-68(96)60(43(6)7)85(12)13)54(99-15)39-57(90)88-35-21-25-53(88)62(100-16)46(11)63(91)82-52(38-50-23-18-19-32-76-50)65(93)78-40-47-27-29-49(30-28-47)80-66(94)51(24-20-33-77-70(75)98)81-67(95)58(41(2)3)83-56(89)26-22-34-87-36-31-48(64(92)79-44(8)9)37-55(87)71(72,73)74/h18-19,23,27-30,32,41-46,48,51-55,58-62H,17,20-22,24-26,31,33-40H2,1-16H3,(H,78,93)(H,79,92)(H,80,94)(H,81,95)(H,82,91)(H,83,89)(H,84,96)(H3,75,77,98)/t45-,46+,48?,51-,52-,53-,54+,55?,58-,59-,60-,61-,62+/m0/s1. The number of methoxy groups -OCH3 is 2. The fourth-order valence-electron chi connectivity index (χ4n) is 13.4. The van der Waals surface area contributed by atoms with Crippen molar-refractivity contribution in [2.45, 2.75) is 226 Å². The quantitative estimate of drug-likeness (QED) is 0.0396. The molecule has 4 rings (SSSR count). The van der Waals surface area contributed by atoms with Crippen LogP contribution in [0.15, 0.2) is 48.7 Å². The summed E-state index contributed by atoms with van der Waals surface area (Å²) < 4.78 is 54.9. The van der Waals surface area contributed by atoms with Crippen LogP contribution in [0.25, 0.3) is 0 Å². The number of halogens is 3. The van der Waals surface area contributed by atoms with Gasteiger partial charge in [0, 0.05) is 83.3 Å². The van der Waals surface area contributed by atoms with Crippen molar-refractivity contribution in [1.29, 1.82) is 0 Å². The molecule has 29 heteroatoms. The molecule has 1 aromatic carbocycles. The number of likely N-dealkylation sites (N-methyl/N-ethyl adjacent to an activating group) is 2. The van der Waals surface area contributed by atoms with Gasteiger partial charge in [0.15, 0.2) is 0 Å². The van der Waals surface area contributed by atoms with E-state index in [1.54, 1.807) is 100 Å². The Morgan fingerprint density at radius 2 is 1.38 bits per heavy atom. The van der Waals surface area contributed by atoms with Crippen molar-refractivity contribution in [3.63, 3.8) is 0 Å². The second kappa shape index (κ2) is 40.8. The van der Waals surface area contributed by atoms with Gasteiger partial charge in [0.05, 0.1) is 42.7 Å². The Kier molecular flexibility index (Phi) is 34.7. The van der Waals surface area contributed by atoms with Gasteiger partial charge in [-0.05, 0) is 139 Å². The van der Waals surface area contributed by atoms with E-state index in [2.05, 4.69) is 47.5 Å². The van der Waals surface area contributed by atoms with Gasteiger partial charge < -0.3 is 67.5 Å². The van der Waals surface area contributed by atoms with E-state index in [-0.39, 0.29) is 113 Å². The molecule has 2 fully saturated rings. The van der Waals surface area contributed by atoms with Crippen molar-refractivity contribution in [3.8, 4) is 0 Å². The number of hydrogen-bond acceptors (Lipinski definition) is 15. The number of aromatic nitrogens is 1. The molecule has 2 aliphatic rings. The third-order valence-electron chi connectivity index (χ3n) is 19.0. The molecule has 3 heterocycles. The van der Waals surface area contributed by atoms with Crippen LogP contribution in [-0.4, -0.2) is 218 Å². The largest absolute Gasteiger partial charge is 0.404 e. The van der Waals surface area contributed by atoms with Crippen LogP contribution in [0.4, 0.5) is 23.7 Å². The number of nitrogens with one attached hydrogen (secondary N) is 8. The Hall–Kier alpha value is -7.50. The number of pyridine rings is 1. The van der Waals surface area contributed by atoms with E-state index in [9.17, 15) is 61.1 Å². The fraction of sp³-hybridized carbons (Fsp3) is 0.704. The number of rotatable bonds is 39. The highest BCUT2D eigenvalue weighted by Gasteiger charge is 2.49. The van der Waals surface area contributed by atoms with Gasteiger partial charge in [0.2, 0.25) is 53.2 Å². The summed E-state index contributed by atoms with van der Waals surface area (Å²) in [6.07, 6.45) is -2.94. The molecule has 11 amide bonds. The van der Waals surface area contributed by atoms with Crippen LogP contribution in [0.2, 0.25) is 0 Å². The Morgan fingerprint density at radius 3 is 1.94 bits per heavy atom. The van der Waals surface area contributed by atoms with Crippen LogP contribution < -0.4 is 48.3 Å². The molecule has 0 radical (unpaired) electrons. The number of nitrogens with zero attached hydrogens (tertiary/aromatic N) is 5. The van der Waals surface area contributed by atoms with Gasteiger partial charge in [-0.3, -0.25) is 57.9 Å². The second-order valence-electron chi connectivity index (χ2n) is 28.3. The molecule has 0 saturated carbocycles. The maximum atomic E-state index is 14.6. The zero-order valence-corrected chi connectivity index (χ0v) is 61.6. The maximum Gasteiger partial charge on any atom is 0.404 e. The third-order valence-corrected chi connectivity index (χ3v) is 19.0. The van der Waals surface area contributed by atoms with E-state index in [0.29, 0.717) is 42.8 Å². The van der Waals surface area contributed by atoms with Crippen LogP contribution in [0.3, 0.4) is 0 Å². The fourth-order valence-corrected chi connectivity index (χ4v) is 13.4. The summed E-state index contributed by atoms with van der Waals surface area (Å²) in [5, 5.41) is 22.2. The molecule has 100 heavy (non-hydrogen) atoms. The van der Waals surface area contributed by atoms with E-state index < -0.39 is 132 Å². The van der Waals surface area contributed by atoms with Crippen molar-refractivity contribution in [1.82, 2.24) is 61.8 Å². The molecular weight excluding hydrogens is 1300 g/mol. The average Bonchev–Trinajstić information content (AvgIpc) is 1.75. The second-order valence-corrected chi connectivity index (χ2v) is 28.3. The van der Waals surface area contributed by atoms with Crippen LogP contribution in [0.1, 0.15) is 152 Å². The molecule has 2 aromatic rings. The number of ether oxygens (including phenoxy) is 2. The van der Waals surface area contributed by atoms with Gasteiger partial charge in [0.25, 0.3) is 0 Å². The zero-order chi connectivity index (χ0) is 74.9. The average molecular weight is 1410 g/mol. The third kappa shape index (κ3) is 25.8. The Morgan fingerprint density at radius 1 is 0.720 bits per heavy atom. The summed E-state index contributed by atoms with van der Waals surface area (Å²) in [6, 6.07) is 2.97. The van der Waals surface area contributed by atoms with E-state index in [4.69, 9.17) is 15.2 Å². The van der Waals surface area contributed by atoms with E-state index in [0.717, 1.165) is 0 Å². The van der Waals surface area contributed by atoms with Gasteiger partial charge in [-0.1, -0.05) is 86.9 Å². The highest BCUT2D eigenvalue weighted by molar-refractivity contribution is 5.98. The molecule has 13 atom stereocenters. The summed E-state index contributed by atoms with van der Waals surface area (Å²) in [6.45, 7) is 20.6. The van der Waals surface area contributed by atoms with Crippen LogP contribution in [-0.2, 0) is 65.6 Å². The summed E-state index contributed by atoms with van der Waals surface area (Å²) >= 11 is 0. The van der Waals surface area contributed by atoms with Crippen molar-refractivity contribution < 1.29 is 70.6 Å². The molecule has 2 unspecified atom stereocenters. The monoisotopic (exact) mass is 1410 g/mol. The van der Waals surface area contributed by atoms with E-state index in [1.165, 1.54) is 19.1 Å². The number of alkyl halides is 3. The first-order chi connectivity index (χ1) is 47.0. The van der Waals surface area contributed by atoms with E-state index >= 15 is 0 Å². The molecular formula is C71H115F3N14O12. The lowest BCUT2D eigenvalue weighted by atomic mass is 9.89. The number of hydrogen-bond donors (Lipinski definition) is 9. The van der Waals surface area contributed by atoms with Crippen molar-refractivity contribution in [3.05, 3.63) is 59.9 Å². The Balaban J connectivity index is 1.43. The van der Waals surface area contributed by atoms with Crippen molar-refractivity contribution in [2.24, 2.45) is 41.2 Å². The highest BCUT2D eigenvalue weighted by Crippen LogP contribution is 2.35. The zero-order valence-electron chi connectivity index (χ0n) is 61.6. The van der Waals surface area contributed by atoms with Gasteiger partial charge >= 0.3 is 12.2 Å². The number of primary amides is 1. The summed E-state index contributed by atoms with van der Waals surface area (Å²) in [5.41, 5.74) is 6.71. The van der Waals surface area contributed by atoms with Gasteiger partial charge in [-0.15, -0.1) is 0 Å². The molecule has 0 bridgehead atoms. The summed E-state index contributed by atoms with van der Waals surface area (Å²) in [5.74, 6) is -6.74. The lowest BCUT2D eigenvalue weighted by molar-refractivity contribution is -0.196. The SMILES string of the molecule is CC[C@H](C)[C@@H]([C@@H](CC(=O)N1CCC[C@H]1[C@H](OC)[C@@H](C)C(=O)N[C@@H](Cc1ccccn1)C(=O)NCc1ccc(NC(=O)[C@H](CCCNC(N)=O)NC(=O)[C@@H](NC(=O)CCCN2CCC(C(=O)NC(C)C)CC2C(F)(F)F)C(C)C)cc1)OC)N(C)C(=O)[C@@H](NC(=O)[C@H](C(C)C)N(C)C)C(C)C. The molecule has 26 nitrogen and oxygen atoms in total.